The highest BCUT2D eigenvalue weighted by atomic mass is 19.1. The molecule has 0 aliphatic heterocycles. The second-order valence-corrected chi connectivity index (χ2v) is 8.36. The molecule has 0 saturated heterocycles. The molecule has 34 heavy (non-hydrogen) atoms. The fourth-order valence-electron chi connectivity index (χ4n) is 3.98. The molecule has 0 bridgehead atoms. The summed E-state index contributed by atoms with van der Waals surface area (Å²) < 4.78 is 29.0. The summed E-state index contributed by atoms with van der Waals surface area (Å²) in [5.74, 6) is 0.0142. The first-order valence-corrected chi connectivity index (χ1v) is 11.4. The van der Waals surface area contributed by atoms with Gasteiger partial charge in [-0.1, -0.05) is 42.5 Å². The molecular weight excluding hydrogens is 428 g/mol. The molecule has 4 rings (SSSR count). The molecular formula is C29H25F2N3. The van der Waals surface area contributed by atoms with Gasteiger partial charge in [-0.25, -0.2) is 18.7 Å². The van der Waals surface area contributed by atoms with Crippen molar-refractivity contribution < 1.29 is 8.78 Å². The van der Waals surface area contributed by atoms with E-state index in [1.807, 2.05) is 48.8 Å². The van der Waals surface area contributed by atoms with Gasteiger partial charge in [-0.3, -0.25) is 0 Å². The van der Waals surface area contributed by atoms with Gasteiger partial charge in [-0.15, -0.1) is 6.58 Å². The normalized spacial score (nSPS) is 10.9. The standard InChI is InChI=1S/C29H25F2N3/c1-2-3-4-22-18-33-28(34-19-22)14-8-20-7-13-26-24(15-20)12-11-23(29(26)31)9-5-21-6-10-25(17-32)27(30)16-21/h2,6-7,10-13,15-16,18-19H,1,3-5,8-9,14H2. The molecule has 0 saturated carbocycles. The Morgan fingerprint density at radius 2 is 1.56 bits per heavy atom. The zero-order valence-corrected chi connectivity index (χ0v) is 18.9. The van der Waals surface area contributed by atoms with Crippen LogP contribution in [0.2, 0.25) is 0 Å². The first kappa shape index (κ1) is 23.3. The summed E-state index contributed by atoms with van der Waals surface area (Å²) >= 11 is 0. The predicted molar refractivity (Wildman–Crippen MR) is 130 cm³/mol. The van der Waals surface area contributed by atoms with Crippen molar-refractivity contribution in [1.29, 1.82) is 5.26 Å². The van der Waals surface area contributed by atoms with Gasteiger partial charge in [0.15, 0.2) is 0 Å². The molecule has 0 unspecified atom stereocenters. The van der Waals surface area contributed by atoms with Crippen molar-refractivity contribution in [3.05, 3.63) is 119 Å². The van der Waals surface area contributed by atoms with Gasteiger partial charge in [-0.2, -0.15) is 5.26 Å². The molecule has 3 aromatic carbocycles. The maximum absolute atomic E-state index is 15.1. The summed E-state index contributed by atoms with van der Waals surface area (Å²) in [7, 11) is 0. The summed E-state index contributed by atoms with van der Waals surface area (Å²) in [6.07, 6.45) is 9.87. The number of hydrogen-bond donors (Lipinski definition) is 0. The number of aryl methyl sites for hydroxylation is 5. The fraction of sp³-hybridized carbons (Fsp3) is 0.207. The van der Waals surface area contributed by atoms with Crippen LogP contribution in [0, 0.1) is 23.0 Å². The molecule has 0 fully saturated rings. The molecule has 0 radical (unpaired) electrons. The Hall–Kier alpha value is -3.91. The van der Waals surface area contributed by atoms with Gasteiger partial charge in [0.1, 0.15) is 23.5 Å². The lowest BCUT2D eigenvalue weighted by Crippen LogP contribution is -2.00. The number of allylic oxidation sites excluding steroid dienone is 1. The van der Waals surface area contributed by atoms with Crippen molar-refractivity contribution in [2.45, 2.75) is 38.5 Å². The van der Waals surface area contributed by atoms with Crippen LogP contribution in [0.15, 0.2) is 73.6 Å². The first-order valence-electron chi connectivity index (χ1n) is 11.4. The van der Waals surface area contributed by atoms with Crippen LogP contribution in [-0.2, 0) is 32.1 Å². The molecule has 1 heterocycles. The highest BCUT2D eigenvalue weighted by Crippen LogP contribution is 2.24. The van der Waals surface area contributed by atoms with Crippen LogP contribution in [0.3, 0.4) is 0 Å². The van der Waals surface area contributed by atoms with Crippen molar-refractivity contribution in [2.24, 2.45) is 0 Å². The molecule has 0 aliphatic rings. The predicted octanol–water partition coefficient (Wildman–Crippen LogP) is 6.47. The lowest BCUT2D eigenvalue weighted by Gasteiger charge is -2.09. The van der Waals surface area contributed by atoms with Gasteiger partial charge in [0.2, 0.25) is 0 Å². The SMILES string of the molecule is C=CCCc1cnc(CCc2ccc3c(F)c(CCc4ccc(C#N)c(F)c4)ccc3c2)nc1. The number of hydrogen-bond acceptors (Lipinski definition) is 3. The highest BCUT2D eigenvalue weighted by molar-refractivity contribution is 5.84. The van der Waals surface area contributed by atoms with E-state index in [0.717, 1.165) is 53.6 Å². The minimum absolute atomic E-state index is 0.0172. The average molecular weight is 454 g/mol. The lowest BCUT2D eigenvalue weighted by atomic mass is 9.98. The number of fused-ring (bicyclic) bond motifs is 1. The summed E-state index contributed by atoms with van der Waals surface area (Å²) in [5.41, 5.74) is 3.55. The molecule has 0 aliphatic carbocycles. The van der Waals surface area contributed by atoms with Crippen LogP contribution in [0.4, 0.5) is 8.78 Å². The van der Waals surface area contributed by atoms with Crippen molar-refractivity contribution in [1.82, 2.24) is 9.97 Å². The largest absolute Gasteiger partial charge is 0.241 e. The summed E-state index contributed by atoms with van der Waals surface area (Å²) in [6.45, 7) is 3.73. The Balaban J connectivity index is 1.41. The molecule has 5 heteroatoms. The van der Waals surface area contributed by atoms with Crippen molar-refractivity contribution in [2.75, 3.05) is 0 Å². The minimum Gasteiger partial charge on any atom is -0.241 e. The zero-order chi connectivity index (χ0) is 23.9. The topological polar surface area (TPSA) is 49.6 Å². The Bertz CT molecular complexity index is 1350. The van der Waals surface area contributed by atoms with E-state index in [1.165, 1.54) is 12.1 Å². The van der Waals surface area contributed by atoms with E-state index in [0.29, 0.717) is 23.8 Å². The number of aromatic nitrogens is 2. The molecule has 0 spiro atoms. The zero-order valence-electron chi connectivity index (χ0n) is 18.9. The summed E-state index contributed by atoms with van der Waals surface area (Å²) in [4.78, 5) is 8.90. The van der Waals surface area contributed by atoms with Crippen LogP contribution in [0.25, 0.3) is 10.8 Å². The van der Waals surface area contributed by atoms with Gasteiger partial charge in [0.25, 0.3) is 0 Å². The molecule has 0 atom stereocenters. The molecule has 170 valence electrons. The number of benzene rings is 3. The third kappa shape index (κ3) is 5.52. The van der Waals surface area contributed by atoms with Crippen LogP contribution < -0.4 is 0 Å². The number of nitriles is 1. The van der Waals surface area contributed by atoms with Crippen LogP contribution >= 0.6 is 0 Å². The molecule has 0 N–H and O–H groups in total. The highest BCUT2D eigenvalue weighted by Gasteiger charge is 2.10. The van der Waals surface area contributed by atoms with Gasteiger partial charge in [0, 0.05) is 24.2 Å². The van der Waals surface area contributed by atoms with E-state index >= 15 is 4.39 Å². The Morgan fingerprint density at radius 1 is 0.824 bits per heavy atom. The molecule has 4 aromatic rings. The van der Waals surface area contributed by atoms with Crippen molar-refractivity contribution >= 4 is 10.8 Å². The van der Waals surface area contributed by atoms with Gasteiger partial charge in [-0.05, 0) is 71.9 Å². The lowest BCUT2D eigenvalue weighted by molar-refractivity contribution is 0.616. The summed E-state index contributed by atoms with van der Waals surface area (Å²) in [6, 6.07) is 15.9. The third-order valence-electron chi connectivity index (χ3n) is 5.97. The minimum atomic E-state index is -0.541. The molecule has 3 nitrogen and oxygen atoms in total. The van der Waals surface area contributed by atoms with Gasteiger partial charge in [0.05, 0.1) is 5.56 Å². The van der Waals surface area contributed by atoms with E-state index < -0.39 is 5.82 Å². The Kier molecular flexibility index (Phi) is 7.39. The number of halogens is 2. The maximum atomic E-state index is 15.1. The van der Waals surface area contributed by atoms with Gasteiger partial charge < -0.3 is 0 Å². The van der Waals surface area contributed by atoms with Crippen molar-refractivity contribution in [3.63, 3.8) is 0 Å². The maximum Gasteiger partial charge on any atom is 0.141 e. The second kappa shape index (κ2) is 10.8. The van der Waals surface area contributed by atoms with Crippen LogP contribution in [0.5, 0.6) is 0 Å². The van der Waals surface area contributed by atoms with E-state index in [-0.39, 0.29) is 11.4 Å². The van der Waals surface area contributed by atoms with Gasteiger partial charge >= 0.3 is 0 Å². The number of nitrogens with zero attached hydrogens (tertiary/aromatic N) is 3. The smallest absolute Gasteiger partial charge is 0.141 e. The fourth-order valence-corrected chi connectivity index (χ4v) is 3.98. The van der Waals surface area contributed by atoms with E-state index in [9.17, 15) is 4.39 Å². The van der Waals surface area contributed by atoms with Crippen LogP contribution in [-0.4, -0.2) is 9.97 Å². The van der Waals surface area contributed by atoms with Crippen molar-refractivity contribution in [3.8, 4) is 6.07 Å². The Labute approximate surface area is 198 Å². The molecule has 0 amide bonds. The molecule has 1 aromatic heterocycles. The van der Waals surface area contributed by atoms with E-state index in [2.05, 4.69) is 16.5 Å². The average Bonchev–Trinajstić information content (AvgIpc) is 2.86. The first-order chi connectivity index (χ1) is 16.6. The van der Waals surface area contributed by atoms with E-state index in [4.69, 9.17) is 5.26 Å². The second-order valence-electron chi connectivity index (χ2n) is 8.36. The van der Waals surface area contributed by atoms with Crippen LogP contribution in [0.1, 0.15) is 40.1 Å². The monoisotopic (exact) mass is 453 g/mol. The third-order valence-corrected chi connectivity index (χ3v) is 5.97. The summed E-state index contributed by atoms with van der Waals surface area (Å²) in [5, 5.41) is 10.3. The Morgan fingerprint density at radius 3 is 2.29 bits per heavy atom. The van der Waals surface area contributed by atoms with E-state index in [1.54, 1.807) is 12.1 Å². The quantitative estimate of drug-likeness (QED) is 0.273. The number of rotatable bonds is 9.